The molecule has 0 aliphatic rings. The van der Waals surface area contributed by atoms with E-state index in [1.54, 1.807) is 0 Å². The van der Waals surface area contributed by atoms with Gasteiger partial charge in [-0.3, -0.25) is 14.4 Å². The summed E-state index contributed by atoms with van der Waals surface area (Å²) in [7, 11) is 0. The average molecular weight is 1060 g/mol. The standard InChI is InChI=1S/C70H122O6/c1-4-7-10-13-16-19-22-25-27-29-31-33-34-35-37-38-40-42-45-48-51-54-57-60-63-69(72)75-66-67(65-74-68(71)62-59-56-53-50-47-44-24-21-18-15-12-9-6-3)76-70(73)64-61-58-55-52-49-46-43-41-39-36-32-30-28-26-23-20-17-14-11-8-5-2/h8-9,11-12,17-18,20-21,26,28,32,36,44,47,67H,4-7,10,13-16,19,22-25,27,29-31,33-35,37-43,45-46,48-66H2,1-3H3/b11-8-,12-9-,20-17-,21-18-,28-26-,36-32-,47-44-. The van der Waals surface area contributed by atoms with E-state index in [1.165, 1.54) is 167 Å². The molecule has 0 aromatic carbocycles. The second kappa shape index (κ2) is 64.1. The van der Waals surface area contributed by atoms with Crippen LogP contribution in [0.25, 0.3) is 0 Å². The Morgan fingerprint density at radius 1 is 0.276 bits per heavy atom. The van der Waals surface area contributed by atoms with E-state index in [-0.39, 0.29) is 31.1 Å². The van der Waals surface area contributed by atoms with E-state index in [1.807, 2.05) is 0 Å². The minimum Gasteiger partial charge on any atom is -0.462 e. The molecule has 0 N–H and O–H groups in total. The molecule has 0 fully saturated rings. The van der Waals surface area contributed by atoms with Crippen LogP contribution < -0.4 is 0 Å². The van der Waals surface area contributed by atoms with Crippen LogP contribution in [0.1, 0.15) is 323 Å². The Morgan fingerprint density at radius 2 is 0.513 bits per heavy atom. The minimum absolute atomic E-state index is 0.0868. The molecule has 76 heavy (non-hydrogen) atoms. The normalized spacial score (nSPS) is 12.6. The van der Waals surface area contributed by atoms with Gasteiger partial charge in [-0.15, -0.1) is 0 Å². The Morgan fingerprint density at radius 3 is 0.816 bits per heavy atom. The highest BCUT2D eigenvalue weighted by Crippen LogP contribution is 2.17. The third-order valence-electron chi connectivity index (χ3n) is 14.1. The Balaban J connectivity index is 4.31. The van der Waals surface area contributed by atoms with Crippen LogP contribution in [0.2, 0.25) is 0 Å². The van der Waals surface area contributed by atoms with Crippen molar-refractivity contribution in [1.29, 1.82) is 0 Å². The fourth-order valence-corrected chi connectivity index (χ4v) is 9.33. The number of rotatable bonds is 59. The number of carbonyl (C=O) groups is 3. The number of carbonyl (C=O) groups excluding carboxylic acids is 3. The lowest BCUT2D eigenvalue weighted by molar-refractivity contribution is -0.167. The van der Waals surface area contributed by atoms with Crippen molar-refractivity contribution in [3.8, 4) is 0 Å². The Bertz CT molecular complexity index is 1450. The molecule has 0 heterocycles. The molecule has 1 unspecified atom stereocenters. The van der Waals surface area contributed by atoms with Gasteiger partial charge in [-0.1, -0.05) is 298 Å². The SMILES string of the molecule is CC/C=C\C/C=C\C/C=C\C/C=C\CCCCCCCCCCC(=O)OC(COC(=O)CCCCC/C=C\C/C=C\C/C=C\CC)COC(=O)CCCCCCCCCCCCCCCCCCCCCCCCCC. The van der Waals surface area contributed by atoms with Crippen molar-refractivity contribution in [2.45, 2.75) is 329 Å². The van der Waals surface area contributed by atoms with Crippen molar-refractivity contribution in [2.24, 2.45) is 0 Å². The molecule has 0 spiro atoms. The van der Waals surface area contributed by atoms with Gasteiger partial charge in [0, 0.05) is 19.3 Å². The zero-order valence-corrected chi connectivity index (χ0v) is 50.3. The molecule has 0 aromatic rings. The monoisotopic (exact) mass is 1060 g/mol. The van der Waals surface area contributed by atoms with Crippen molar-refractivity contribution < 1.29 is 28.6 Å². The highest BCUT2D eigenvalue weighted by Gasteiger charge is 2.19. The number of unbranched alkanes of at least 4 members (excludes halogenated alkanes) is 34. The van der Waals surface area contributed by atoms with Gasteiger partial charge in [0.15, 0.2) is 6.10 Å². The summed E-state index contributed by atoms with van der Waals surface area (Å²) in [6.45, 7) is 6.42. The van der Waals surface area contributed by atoms with Crippen LogP contribution in [-0.4, -0.2) is 37.2 Å². The van der Waals surface area contributed by atoms with E-state index in [9.17, 15) is 14.4 Å². The Kier molecular flexibility index (Phi) is 61.2. The first-order valence-corrected chi connectivity index (χ1v) is 32.6. The van der Waals surface area contributed by atoms with Crippen LogP contribution in [-0.2, 0) is 28.6 Å². The third-order valence-corrected chi connectivity index (χ3v) is 14.1. The maximum Gasteiger partial charge on any atom is 0.306 e. The third kappa shape index (κ3) is 61.4. The summed E-state index contributed by atoms with van der Waals surface area (Å²) < 4.78 is 16.9. The average Bonchev–Trinajstić information content (AvgIpc) is 3.42. The molecule has 0 aliphatic heterocycles. The summed E-state index contributed by atoms with van der Waals surface area (Å²) in [5, 5.41) is 0. The van der Waals surface area contributed by atoms with E-state index < -0.39 is 6.10 Å². The lowest BCUT2D eigenvalue weighted by Gasteiger charge is -2.18. The van der Waals surface area contributed by atoms with Crippen LogP contribution in [0.15, 0.2) is 85.1 Å². The highest BCUT2D eigenvalue weighted by molar-refractivity contribution is 5.71. The molecule has 0 rings (SSSR count). The zero-order chi connectivity index (χ0) is 55.0. The molecule has 1 atom stereocenters. The molecular formula is C70H122O6. The predicted molar refractivity (Wildman–Crippen MR) is 330 cm³/mol. The van der Waals surface area contributed by atoms with E-state index in [0.29, 0.717) is 19.3 Å². The van der Waals surface area contributed by atoms with E-state index >= 15 is 0 Å². The highest BCUT2D eigenvalue weighted by atomic mass is 16.6. The number of ether oxygens (including phenoxy) is 3. The predicted octanol–water partition coefficient (Wildman–Crippen LogP) is 22.3. The van der Waals surface area contributed by atoms with Crippen molar-refractivity contribution in [1.82, 2.24) is 0 Å². The summed E-state index contributed by atoms with van der Waals surface area (Å²) in [5.74, 6) is -0.912. The topological polar surface area (TPSA) is 78.9 Å². The number of allylic oxidation sites excluding steroid dienone is 14. The van der Waals surface area contributed by atoms with E-state index in [2.05, 4.69) is 106 Å². The second-order valence-corrected chi connectivity index (χ2v) is 21.6. The first-order chi connectivity index (χ1) is 37.5. The Labute approximate surface area is 471 Å². The van der Waals surface area contributed by atoms with Crippen LogP contribution in [0, 0.1) is 0 Å². The first-order valence-electron chi connectivity index (χ1n) is 32.6. The summed E-state index contributed by atoms with van der Waals surface area (Å²) in [4.78, 5) is 38.3. The lowest BCUT2D eigenvalue weighted by Crippen LogP contribution is -2.30. The van der Waals surface area contributed by atoms with Crippen LogP contribution in [0.3, 0.4) is 0 Å². The number of esters is 3. The van der Waals surface area contributed by atoms with Crippen LogP contribution in [0.4, 0.5) is 0 Å². The fraction of sp³-hybridized carbons (Fsp3) is 0.757. The molecule has 0 bridgehead atoms. The first kappa shape index (κ1) is 72.6. The van der Waals surface area contributed by atoms with Gasteiger partial charge in [-0.25, -0.2) is 0 Å². The Hall–Kier alpha value is -3.41. The van der Waals surface area contributed by atoms with Crippen molar-refractivity contribution in [2.75, 3.05) is 13.2 Å². The van der Waals surface area contributed by atoms with Gasteiger partial charge < -0.3 is 14.2 Å². The van der Waals surface area contributed by atoms with Gasteiger partial charge in [0.1, 0.15) is 13.2 Å². The van der Waals surface area contributed by atoms with Crippen LogP contribution >= 0.6 is 0 Å². The summed E-state index contributed by atoms with van der Waals surface area (Å²) in [6, 6.07) is 0. The van der Waals surface area contributed by atoms with Gasteiger partial charge >= 0.3 is 17.9 Å². The van der Waals surface area contributed by atoms with Gasteiger partial charge in [-0.05, 0) is 89.9 Å². The second-order valence-electron chi connectivity index (χ2n) is 21.6. The number of hydrogen-bond acceptors (Lipinski definition) is 6. The van der Waals surface area contributed by atoms with Gasteiger partial charge in [0.25, 0.3) is 0 Å². The molecule has 0 radical (unpaired) electrons. The lowest BCUT2D eigenvalue weighted by atomic mass is 10.0. The molecule has 6 heteroatoms. The number of hydrogen-bond donors (Lipinski definition) is 0. The van der Waals surface area contributed by atoms with Gasteiger partial charge in [0.05, 0.1) is 0 Å². The molecule has 0 saturated heterocycles. The summed E-state index contributed by atoms with van der Waals surface area (Å²) in [5.41, 5.74) is 0. The van der Waals surface area contributed by atoms with E-state index in [0.717, 1.165) is 116 Å². The van der Waals surface area contributed by atoms with Crippen molar-refractivity contribution >= 4 is 17.9 Å². The fourth-order valence-electron chi connectivity index (χ4n) is 9.33. The van der Waals surface area contributed by atoms with Crippen LogP contribution in [0.5, 0.6) is 0 Å². The molecule has 0 aromatic heterocycles. The molecule has 0 amide bonds. The summed E-state index contributed by atoms with van der Waals surface area (Å²) >= 11 is 0. The smallest absolute Gasteiger partial charge is 0.306 e. The molecule has 6 nitrogen and oxygen atoms in total. The zero-order valence-electron chi connectivity index (χ0n) is 50.3. The minimum atomic E-state index is -0.793. The maximum absolute atomic E-state index is 12.9. The summed E-state index contributed by atoms with van der Waals surface area (Å²) in [6.07, 6.45) is 84.6. The largest absolute Gasteiger partial charge is 0.462 e. The molecule has 0 aliphatic carbocycles. The quantitative estimate of drug-likeness (QED) is 0.0261. The van der Waals surface area contributed by atoms with Crippen molar-refractivity contribution in [3.05, 3.63) is 85.1 Å². The van der Waals surface area contributed by atoms with E-state index in [4.69, 9.17) is 14.2 Å². The van der Waals surface area contributed by atoms with Gasteiger partial charge in [0.2, 0.25) is 0 Å². The van der Waals surface area contributed by atoms with Crippen molar-refractivity contribution in [3.63, 3.8) is 0 Å². The molecular weight excluding hydrogens is 937 g/mol. The molecule has 0 saturated carbocycles. The maximum atomic E-state index is 12.9. The van der Waals surface area contributed by atoms with Gasteiger partial charge in [-0.2, -0.15) is 0 Å². The molecule has 438 valence electrons.